The van der Waals surface area contributed by atoms with E-state index >= 15 is 0 Å². The topological polar surface area (TPSA) is 75.6 Å². The van der Waals surface area contributed by atoms with Crippen LogP contribution in [0.15, 0.2) is 11.5 Å². The van der Waals surface area contributed by atoms with Crippen LogP contribution in [-0.2, 0) is 14.6 Å². The highest BCUT2D eigenvalue weighted by Gasteiger charge is 2.22. The Hall–Kier alpha value is -0.660. The van der Waals surface area contributed by atoms with Crippen molar-refractivity contribution < 1.29 is 18.3 Å². The van der Waals surface area contributed by atoms with E-state index in [1.54, 1.807) is 6.08 Å². The third kappa shape index (κ3) is 6.32. The van der Waals surface area contributed by atoms with Gasteiger partial charge in [0.15, 0.2) is 9.84 Å². The summed E-state index contributed by atoms with van der Waals surface area (Å²) in [5.41, 5.74) is 0. The Morgan fingerprint density at radius 2 is 2.11 bits per heavy atom. The highest BCUT2D eigenvalue weighted by Crippen LogP contribution is 2.08. The second-order valence-corrected chi connectivity index (χ2v) is 6.48. The number of aliphatic hydroxyl groups excluding tert-OH is 1. The largest absolute Gasteiger partial charge is 0.471 e. The van der Waals surface area contributed by atoms with Gasteiger partial charge in [0.25, 0.3) is 5.17 Å². The minimum Gasteiger partial charge on any atom is -0.471 e. The van der Waals surface area contributed by atoms with Crippen LogP contribution >= 0.6 is 12.2 Å². The predicted octanol–water partition coefficient (Wildman–Crippen LogP) is 0.741. The molecule has 7 heteroatoms. The van der Waals surface area contributed by atoms with E-state index in [1.807, 2.05) is 0 Å². The number of hydrogen-bond acceptors (Lipinski definition) is 5. The normalized spacial score (nSPS) is 20.8. The number of unbranched alkanes of at least 4 members (excludes halogenated alkanes) is 3. The monoisotopic (exact) mass is 293 g/mol. The molecule has 0 amide bonds. The predicted molar refractivity (Wildman–Crippen MR) is 74.0 cm³/mol. The van der Waals surface area contributed by atoms with Crippen molar-refractivity contribution in [3.63, 3.8) is 0 Å². The Morgan fingerprint density at radius 3 is 2.72 bits per heavy atom. The van der Waals surface area contributed by atoms with Crippen LogP contribution < -0.4 is 5.32 Å². The van der Waals surface area contributed by atoms with Crippen molar-refractivity contribution in [2.75, 3.05) is 19.0 Å². The van der Waals surface area contributed by atoms with Gasteiger partial charge >= 0.3 is 0 Å². The summed E-state index contributed by atoms with van der Waals surface area (Å²) in [6.45, 7) is 0.740. The van der Waals surface area contributed by atoms with E-state index in [0.717, 1.165) is 25.7 Å². The van der Waals surface area contributed by atoms with Crippen molar-refractivity contribution in [2.24, 2.45) is 0 Å². The Balaban J connectivity index is 2.06. The van der Waals surface area contributed by atoms with E-state index in [9.17, 15) is 8.42 Å². The molecule has 5 nitrogen and oxygen atoms in total. The summed E-state index contributed by atoms with van der Waals surface area (Å²) in [6, 6.07) is -0.281. The molecule has 0 saturated carbocycles. The number of aliphatic hydroxyl groups is 1. The molecular weight excluding hydrogens is 274 g/mol. The maximum Gasteiger partial charge on any atom is 0.257 e. The number of ether oxygens (including phenoxy) is 1. The molecule has 18 heavy (non-hydrogen) atoms. The Morgan fingerprint density at radius 1 is 1.39 bits per heavy atom. The molecule has 2 N–H and O–H groups in total. The zero-order valence-corrected chi connectivity index (χ0v) is 11.8. The fourth-order valence-electron chi connectivity index (χ4n) is 1.59. The molecule has 0 fully saturated rings. The van der Waals surface area contributed by atoms with Gasteiger partial charge in [-0.2, -0.15) is 0 Å². The SMILES string of the molecule is O=S1(=O)C=C[C@H](NC(=S)OCCCCCCO)C1. The molecule has 1 aliphatic rings. The fraction of sp³-hybridized carbons (Fsp3) is 0.727. The van der Waals surface area contributed by atoms with Gasteiger partial charge in [-0.15, -0.1) is 0 Å². The van der Waals surface area contributed by atoms with E-state index in [-0.39, 0.29) is 23.6 Å². The lowest BCUT2D eigenvalue weighted by atomic mass is 10.2. The van der Waals surface area contributed by atoms with Gasteiger partial charge in [0.05, 0.1) is 18.4 Å². The van der Waals surface area contributed by atoms with E-state index in [0.29, 0.717) is 6.61 Å². The summed E-state index contributed by atoms with van der Waals surface area (Å²) in [7, 11) is -3.06. The Bertz CT molecular complexity index is 392. The fourth-order valence-corrected chi connectivity index (χ4v) is 3.06. The molecule has 0 spiro atoms. The molecule has 0 aromatic carbocycles. The Labute approximate surface area is 113 Å². The van der Waals surface area contributed by atoms with Crippen molar-refractivity contribution in [1.29, 1.82) is 0 Å². The van der Waals surface area contributed by atoms with Gasteiger partial charge in [0.2, 0.25) is 0 Å². The number of hydrogen-bond donors (Lipinski definition) is 2. The molecule has 0 saturated heterocycles. The molecule has 0 bridgehead atoms. The van der Waals surface area contributed by atoms with E-state index in [4.69, 9.17) is 22.1 Å². The van der Waals surface area contributed by atoms with Gasteiger partial charge in [-0.3, -0.25) is 0 Å². The number of sulfone groups is 1. The van der Waals surface area contributed by atoms with Gasteiger partial charge in [-0.25, -0.2) is 8.42 Å². The maximum atomic E-state index is 11.2. The average molecular weight is 293 g/mol. The first kappa shape index (κ1) is 15.4. The van der Waals surface area contributed by atoms with Gasteiger partial charge < -0.3 is 15.2 Å². The molecule has 1 atom stereocenters. The van der Waals surface area contributed by atoms with Crippen LogP contribution in [-0.4, -0.2) is 43.7 Å². The van der Waals surface area contributed by atoms with Gasteiger partial charge in [-0.1, -0.05) is 6.42 Å². The maximum absolute atomic E-state index is 11.2. The molecule has 1 heterocycles. The first-order valence-corrected chi connectivity index (χ1v) is 8.11. The lowest BCUT2D eigenvalue weighted by Crippen LogP contribution is -2.35. The number of nitrogens with one attached hydrogen (secondary N) is 1. The van der Waals surface area contributed by atoms with Gasteiger partial charge in [0.1, 0.15) is 0 Å². The first-order valence-electron chi connectivity index (χ1n) is 5.98. The summed E-state index contributed by atoms with van der Waals surface area (Å²) in [4.78, 5) is 0. The summed E-state index contributed by atoms with van der Waals surface area (Å²) in [5, 5.41) is 12.9. The van der Waals surface area contributed by atoms with E-state index in [2.05, 4.69) is 5.32 Å². The Kier molecular flexibility index (Phi) is 6.59. The van der Waals surface area contributed by atoms with Crippen molar-refractivity contribution in [1.82, 2.24) is 5.32 Å². The zero-order chi connectivity index (χ0) is 13.4. The summed E-state index contributed by atoms with van der Waals surface area (Å²) in [5.74, 6) is 0.0347. The zero-order valence-electron chi connectivity index (χ0n) is 10.2. The molecule has 1 aliphatic heterocycles. The molecular formula is C11H19NO4S2. The minimum atomic E-state index is -3.06. The molecule has 0 aromatic rings. The average Bonchev–Trinajstić information content (AvgIpc) is 2.63. The number of rotatable bonds is 7. The van der Waals surface area contributed by atoms with Gasteiger partial charge in [-0.05, 0) is 37.6 Å². The van der Waals surface area contributed by atoms with Crippen molar-refractivity contribution in [3.8, 4) is 0 Å². The lowest BCUT2D eigenvalue weighted by molar-refractivity contribution is 0.267. The smallest absolute Gasteiger partial charge is 0.257 e. The molecule has 0 aromatic heterocycles. The third-order valence-electron chi connectivity index (χ3n) is 2.52. The van der Waals surface area contributed by atoms with E-state index < -0.39 is 9.84 Å². The van der Waals surface area contributed by atoms with Crippen molar-refractivity contribution >= 4 is 27.2 Å². The van der Waals surface area contributed by atoms with Crippen LogP contribution in [0, 0.1) is 0 Å². The second kappa shape index (κ2) is 7.70. The van der Waals surface area contributed by atoms with Crippen molar-refractivity contribution in [2.45, 2.75) is 31.7 Å². The van der Waals surface area contributed by atoms with E-state index in [1.165, 1.54) is 5.41 Å². The standard InChI is InChI=1S/C11H19NO4S2/c13-6-3-1-2-4-7-16-11(17)12-10-5-8-18(14,15)9-10/h5,8,10,13H,1-4,6-7,9H2,(H,12,17)/t10-/m0/s1. The van der Waals surface area contributed by atoms with Crippen LogP contribution in [0.2, 0.25) is 0 Å². The molecule has 0 aliphatic carbocycles. The quantitative estimate of drug-likeness (QED) is 0.533. The highest BCUT2D eigenvalue weighted by atomic mass is 32.2. The second-order valence-electron chi connectivity index (χ2n) is 4.18. The van der Waals surface area contributed by atoms with Crippen LogP contribution in [0.3, 0.4) is 0 Å². The molecule has 0 unspecified atom stereocenters. The minimum absolute atomic E-state index is 0.0347. The number of thiocarbonyl (C=S) groups is 1. The molecule has 1 rings (SSSR count). The van der Waals surface area contributed by atoms with Crippen LogP contribution in [0.25, 0.3) is 0 Å². The third-order valence-corrected chi connectivity index (χ3v) is 4.15. The lowest BCUT2D eigenvalue weighted by Gasteiger charge is -2.13. The summed E-state index contributed by atoms with van der Waals surface area (Å²) in [6.07, 6.45) is 5.23. The molecule has 0 radical (unpaired) electrons. The summed E-state index contributed by atoms with van der Waals surface area (Å²) >= 11 is 4.96. The highest BCUT2D eigenvalue weighted by molar-refractivity contribution is 7.94. The summed E-state index contributed by atoms with van der Waals surface area (Å²) < 4.78 is 27.6. The van der Waals surface area contributed by atoms with Crippen LogP contribution in [0.1, 0.15) is 25.7 Å². The van der Waals surface area contributed by atoms with Crippen LogP contribution in [0.5, 0.6) is 0 Å². The molecule has 104 valence electrons. The van der Waals surface area contributed by atoms with Crippen LogP contribution in [0.4, 0.5) is 0 Å². The van der Waals surface area contributed by atoms with Gasteiger partial charge in [0, 0.05) is 12.0 Å². The first-order chi connectivity index (χ1) is 8.53. The van der Waals surface area contributed by atoms with Crippen molar-refractivity contribution in [3.05, 3.63) is 11.5 Å².